The Hall–Kier alpha value is -0.0800. The van der Waals surface area contributed by atoms with Crippen molar-refractivity contribution in [3.05, 3.63) is 0 Å². The molecule has 0 saturated carbocycles. The van der Waals surface area contributed by atoms with Gasteiger partial charge in [-0.25, -0.2) is 0 Å². The van der Waals surface area contributed by atoms with E-state index in [4.69, 9.17) is 0 Å². The topological polar surface area (TPSA) is 32.3 Å². The van der Waals surface area contributed by atoms with E-state index in [0.717, 1.165) is 12.8 Å². The molecule has 0 heterocycles. The lowest BCUT2D eigenvalue weighted by molar-refractivity contribution is 0.0419. The standard InChI is InChI=1S/C14H31NO/c1-6-7-8-9-10-11-14(5,16)12-15-13(2,3)4/h15-16H,6-12H2,1-5H3. The van der Waals surface area contributed by atoms with Gasteiger partial charge in [-0.15, -0.1) is 0 Å². The zero-order valence-corrected chi connectivity index (χ0v) is 11.9. The Morgan fingerprint density at radius 2 is 1.50 bits per heavy atom. The number of β-amino-alcohol motifs (C(OH)–C–C–N with tert-alkyl or cyclic N) is 1. The highest BCUT2D eigenvalue weighted by Gasteiger charge is 2.22. The van der Waals surface area contributed by atoms with Gasteiger partial charge in [-0.1, -0.05) is 39.0 Å². The summed E-state index contributed by atoms with van der Waals surface area (Å²) in [4.78, 5) is 0. The van der Waals surface area contributed by atoms with E-state index in [9.17, 15) is 5.11 Å². The Labute approximate surface area is 102 Å². The van der Waals surface area contributed by atoms with E-state index >= 15 is 0 Å². The zero-order valence-electron chi connectivity index (χ0n) is 11.9. The van der Waals surface area contributed by atoms with Crippen molar-refractivity contribution in [1.29, 1.82) is 0 Å². The lowest BCUT2D eigenvalue weighted by Gasteiger charge is -2.29. The molecule has 98 valence electrons. The number of rotatable bonds is 8. The van der Waals surface area contributed by atoms with Crippen LogP contribution in [0.15, 0.2) is 0 Å². The Morgan fingerprint density at radius 3 is 2.00 bits per heavy atom. The van der Waals surface area contributed by atoms with Gasteiger partial charge in [0.1, 0.15) is 0 Å². The van der Waals surface area contributed by atoms with E-state index in [1.807, 2.05) is 6.92 Å². The predicted octanol–water partition coefficient (Wildman–Crippen LogP) is 3.49. The van der Waals surface area contributed by atoms with Gasteiger partial charge in [0.2, 0.25) is 0 Å². The summed E-state index contributed by atoms with van der Waals surface area (Å²) in [6.45, 7) is 11.2. The average molecular weight is 229 g/mol. The normalized spacial score (nSPS) is 16.1. The van der Waals surface area contributed by atoms with Crippen LogP contribution in [-0.4, -0.2) is 22.8 Å². The van der Waals surface area contributed by atoms with Crippen molar-refractivity contribution in [3.8, 4) is 0 Å². The van der Waals surface area contributed by atoms with Crippen LogP contribution in [0.1, 0.15) is 73.1 Å². The summed E-state index contributed by atoms with van der Waals surface area (Å²) in [7, 11) is 0. The predicted molar refractivity (Wildman–Crippen MR) is 71.8 cm³/mol. The first-order chi connectivity index (χ1) is 7.27. The smallest absolute Gasteiger partial charge is 0.0743 e. The minimum Gasteiger partial charge on any atom is -0.389 e. The van der Waals surface area contributed by atoms with Gasteiger partial charge in [-0.2, -0.15) is 0 Å². The quantitative estimate of drug-likeness (QED) is 0.625. The highest BCUT2D eigenvalue weighted by molar-refractivity contribution is 4.80. The SMILES string of the molecule is CCCCCCCC(C)(O)CNC(C)(C)C. The Bertz CT molecular complexity index is 170. The van der Waals surface area contributed by atoms with E-state index in [2.05, 4.69) is 33.0 Å². The largest absolute Gasteiger partial charge is 0.389 e. The maximum absolute atomic E-state index is 10.2. The highest BCUT2D eigenvalue weighted by Crippen LogP contribution is 2.16. The van der Waals surface area contributed by atoms with Gasteiger partial charge in [0.15, 0.2) is 0 Å². The summed E-state index contributed by atoms with van der Waals surface area (Å²) < 4.78 is 0. The van der Waals surface area contributed by atoms with E-state index in [-0.39, 0.29) is 5.54 Å². The molecule has 1 unspecified atom stereocenters. The molecule has 0 aliphatic heterocycles. The lowest BCUT2D eigenvalue weighted by atomic mass is 9.96. The third-order valence-corrected chi connectivity index (χ3v) is 2.82. The first-order valence-electron chi connectivity index (χ1n) is 6.74. The molecule has 0 saturated heterocycles. The lowest BCUT2D eigenvalue weighted by Crippen LogP contribution is -2.46. The second-order valence-corrected chi connectivity index (χ2v) is 6.26. The van der Waals surface area contributed by atoms with E-state index < -0.39 is 5.60 Å². The highest BCUT2D eigenvalue weighted by atomic mass is 16.3. The first kappa shape index (κ1) is 15.9. The molecule has 0 aliphatic rings. The molecular weight excluding hydrogens is 198 g/mol. The summed E-state index contributed by atoms with van der Waals surface area (Å²) in [5.74, 6) is 0. The Morgan fingerprint density at radius 1 is 0.938 bits per heavy atom. The second-order valence-electron chi connectivity index (χ2n) is 6.26. The summed E-state index contributed by atoms with van der Waals surface area (Å²) in [5, 5.41) is 13.5. The summed E-state index contributed by atoms with van der Waals surface area (Å²) in [6, 6.07) is 0. The fraction of sp³-hybridized carbons (Fsp3) is 1.00. The molecule has 2 nitrogen and oxygen atoms in total. The fourth-order valence-electron chi connectivity index (χ4n) is 1.65. The van der Waals surface area contributed by atoms with Crippen LogP contribution in [0.2, 0.25) is 0 Å². The molecule has 2 N–H and O–H groups in total. The summed E-state index contributed by atoms with van der Waals surface area (Å²) in [6.07, 6.45) is 7.20. The third-order valence-electron chi connectivity index (χ3n) is 2.82. The zero-order chi connectivity index (χ0) is 12.7. The van der Waals surface area contributed by atoms with Crippen molar-refractivity contribution in [2.75, 3.05) is 6.54 Å². The van der Waals surface area contributed by atoms with Crippen LogP contribution in [0.4, 0.5) is 0 Å². The molecule has 0 rings (SSSR count). The van der Waals surface area contributed by atoms with Crippen LogP contribution in [-0.2, 0) is 0 Å². The number of hydrogen-bond donors (Lipinski definition) is 2. The molecule has 0 amide bonds. The van der Waals surface area contributed by atoms with Crippen molar-refractivity contribution >= 4 is 0 Å². The Balaban J connectivity index is 3.62. The molecule has 1 atom stereocenters. The minimum absolute atomic E-state index is 0.0895. The number of aliphatic hydroxyl groups is 1. The van der Waals surface area contributed by atoms with Crippen molar-refractivity contribution in [1.82, 2.24) is 5.32 Å². The van der Waals surface area contributed by atoms with Gasteiger partial charge in [-0.3, -0.25) is 0 Å². The van der Waals surface area contributed by atoms with Crippen molar-refractivity contribution in [2.24, 2.45) is 0 Å². The van der Waals surface area contributed by atoms with Crippen LogP contribution >= 0.6 is 0 Å². The average Bonchev–Trinajstić information content (AvgIpc) is 2.14. The molecular formula is C14H31NO. The van der Waals surface area contributed by atoms with Crippen LogP contribution in [0, 0.1) is 0 Å². The van der Waals surface area contributed by atoms with Crippen LogP contribution in [0.3, 0.4) is 0 Å². The molecule has 0 fully saturated rings. The maximum atomic E-state index is 10.2. The van der Waals surface area contributed by atoms with Crippen molar-refractivity contribution < 1.29 is 5.11 Å². The van der Waals surface area contributed by atoms with Gasteiger partial charge in [0.25, 0.3) is 0 Å². The molecule has 0 aromatic rings. The molecule has 0 spiro atoms. The van der Waals surface area contributed by atoms with Crippen LogP contribution in [0.25, 0.3) is 0 Å². The van der Waals surface area contributed by atoms with Crippen molar-refractivity contribution in [3.63, 3.8) is 0 Å². The van der Waals surface area contributed by atoms with Crippen molar-refractivity contribution in [2.45, 2.75) is 84.3 Å². The first-order valence-corrected chi connectivity index (χ1v) is 6.74. The third kappa shape index (κ3) is 10.4. The van der Waals surface area contributed by atoms with Gasteiger partial charge < -0.3 is 10.4 Å². The van der Waals surface area contributed by atoms with Gasteiger partial charge >= 0.3 is 0 Å². The number of unbranched alkanes of at least 4 members (excludes halogenated alkanes) is 4. The molecule has 0 aromatic heterocycles. The molecule has 2 heteroatoms. The van der Waals surface area contributed by atoms with Gasteiger partial charge in [0, 0.05) is 12.1 Å². The van der Waals surface area contributed by atoms with E-state index in [1.165, 1.54) is 25.7 Å². The fourth-order valence-corrected chi connectivity index (χ4v) is 1.65. The molecule has 0 aliphatic carbocycles. The van der Waals surface area contributed by atoms with Gasteiger partial charge in [-0.05, 0) is 34.1 Å². The molecule has 0 aromatic carbocycles. The van der Waals surface area contributed by atoms with Gasteiger partial charge in [0.05, 0.1) is 5.60 Å². The monoisotopic (exact) mass is 229 g/mol. The van der Waals surface area contributed by atoms with E-state index in [0.29, 0.717) is 6.54 Å². The summed E-state index contributed by atoms with van der Waals surface area (Å²) in [5.41, 5.74) is -0.467. The van der Waals surface area contributed by atoms with E-state index in [1.54, 1.807) is 0 Å². The number of hydrogen-bond acceptors (Lipinski definition) is 2. The minimum atomic E-state index is -0.556. The molecule has 16 heavy (non-hydrogen) atoms. The number of nitrogens with one attached hydrogen (secondary N) is 1. The summed E-state index contributed by atoms with van der Waals surface area (Å²) >= 11 is 0. The molecule has 0 bridgehead atoms. The Kier molecular flexibility index (Phi) is 7.25. The maximum Gasteiger partial charge on any atom is 0.0743 e. The van der Waals surface area contributed by atoms with Crippen LogP contribution in [0.5, 0.6) is 0 Å². The second kappa shape index (κ2) is 7.29. The van der Waals surface area contributed by atoms with Crippen LogP contribution < -0.4 is 5.32 Å². The molecule has 0 radical (unpaired) electrons.